The van der Waals surface area contributed by atoms with E-state index in [9.17, 15) is 0 Å². The Kier molecular flexibility index (Phi) is 7.92. The van der Waals surface area contributed by atoms with E-state index in [-0.39, 0.29) is 0 Å². The number of rotatable bonds is 7. The van der Waals surface area contributed by atoms with Gasteiger partial charge >= 0.3 is 0 Å². The van der Waals surface area contributed by atoms with Crippen LogP contribution in [-0.2, 0) is 0 Å². The molecule has 1 aliphatic rings. The predicted octanol–water partition coefficient (Wildman–Crippen LogP) is 3.67. The van der Waals surface area contributed by atoms with E-state index in [1.165, 1.54) is 58.2 Å². The highest BCUT2D eigenvalue weighted by Crippen LogP contribution is 2.15. The van der Waals surface area contributed by atoms with Gasteiger partial charge in [-0.3, -0.25) is 4.90 Å². The van der Waals surface area contributed by atoms with E-state index >= 15 is 0 Å². The van der Waals surface area contributed by atoms with Gasteiger partial charge < -0.3 is 5.32 Å². The maximum Gasteiger partial charge on any atom is 0.0195 e. The molecule has 1 N–H and O–H groups in total. The first-order chi connectivity index (χ1) is 8.67. The van der Waals surface area contributed by atoms with E-state index < -0.39 is 0 Å². The molecule has 1 heterocycles. The molecule has 0 spiro atoms. The number of hydrogen-bond acceptors (Lipinski definition) is 2. The van der Waals surface area contributed by atoms with Crippen LogP contribution in [0.2, 0.25) is 0 Å². The predicted molar refractivity (Wildman–Crippen MR) is 81.0 cm³/mol. The van der Waals surface area contributed by atoms with Crippen LogP contribution in [0, 0.1) is 5.92 Å². The Morgan fingerprint density at radius 3 is 2.44 bits per heavy atom. The Morgan fingerprint density at radius 2 is 1.83 bits per heavy atom. The quantitative estimate of drug-likeness (QED) is 0.746. The first-order valence-corrected chi connectivity index (χ1v) is 8.14. The van der Waals surface area contributed by atoms with Crippen molar-refractivity contribution < 1.29 is 0 Å². The molecule has 0 aromatic carbocycles. The fraction of sp³-hybridized carbons (Fsp3) is 1.00. The van der Waals surface area contributed by atoms with Crippen molar-refractivity contribution >= 4 is 0 Å². The van der Waals surface area contributed by atoms with E-state index in [0.29, 0.717) is 0 Å². The van der Waals surface area contributed by atoms with Crippen molar-refractivity contribution in [2.24, 2.45) is 5.92 Å². The van der Waals surface area contributed by atoms with Crippen LogP contribution in [0.25, 0.3) is 0 Å². The van der Waals surface area contributed by atoms with Crippen LogP contribution in [0.1, 0.15) is 66.2 Å². The SMILES string of the molecule is CCC(CC)N(CC(C)C)CC1CCCCCN1. The Hall–Kier alpha value is -0.0800. The van der Waals surface area contributed by atoms with Gasteiger partial charge in [-0.25, -0.2) is 0 Å². The normalized spacial score (nSPS) is 21.8. The molecule has 2 heteroatoms. The van der Waals surface area contributed by atoms with Crippen molar-refractivity contribution in [3.63, 3.8) is 0 Å². The van der Waals surface area contributed by atoms with Gasteiger partial charge in [0, 0.05) is 25.2 Å². The third kappa shape index (κ3) is 5.71. The first-order valence-electron chi connectivity index (χ1n) is 8.14. The van der Waals surface area contributed by atoms with E-state index in [2.05, 4.69) is 37.9 Å². The van der Waals surface area contributed by atoms with Gasteiger partial charge in [-0.1, -0.05) is 40.5 Å². The summed E-state index contributed by atoms with van der Waals surface area (Å²) < 4.78 is 0. The highest BCUT2D eigenvalue weighted by Gasteiger charge is 2.21. The summed E-state index contributed by atoms with van der Waals surface area (Å²) in [5, 5.41) is 3.75. The van der Waals surface area contributed by atoms with Gasteiger partial charge in [0.1, 0.15) is 0 Å². The Morgan fingerprint density at radius 1 is 1.11 bits per heavy atom. The van der Waals surface area contributed by atoms with E-state index in [1.807, 2.05) is 0 Å². The van der Waals surface area contributed by atoms with Crippen molar-refractivity contribution in [2.75, 3.05) is 19.6 Å². The van der Waals surface area contributed by atoms with E-state index in [4.69, 9.17) is 0 Å². The Labute approximate surface area is 115 Å². The summed E-state index contributed by atoms with van der Waals surface area (Å²) in [6.07, 6.45) is 8.14. The highest BCUT2D eigenvalue weighted by molar-refractivity contribution is 4.79. The van der Waals surface area contributed by atoms with Gasteiger partial charge in [-0.15, -0.1) is 0 Å². The Bertz CT molecular complexity index is 191. The lowest BCUT2D eigenvalue weighted by molar-refractivity contribution is 0.147. The largest absolute Gasteiger partial charge is 0.313 e. The number of nitrogens with one attached hydrogen (secondary N) is 1. The molecule has 2 nitrogen and oxygen atoms in total. The molecule has 1 rings (SSSR count). The molecule has 1 saturated heterocycles. The fourth-order valence-electron chi connectivity index (χ4n) is 3.19. The molecule has 1 unspecified atom stereocenters. The van der Waals surface area contributed by atoms with Crippen molar-refractivity contribution in [1.82, 2.24) is 10.2 Å². The maximum atomic E-state index is 3.75. The van der Waals surface area contributed by atoms with Crippen LogP contribution in [-0.4, -0.2) is 36.6 Å². The lowest BCUT2D eigenvalue weighted by atomic mass is 10.0. The third-order valence-electron chi connectivity index (χ3n) is 4.18. The van der Waals surface area contributed by atoms with Gasteiger partial charge in [-0.2, -0.15) is 0 Å². The summed E-state index contributed by atoms with van der Waals surface area (Å²) in [5.41, 5.74) is 0. The van der Waals surface area contributed by atoms with E-state index in [0.717, 1.165) is 18.0 Å². The van der Waals surface area contributed by atoms with Gasteiger partial charge in [-0.05, 0) is 38.1 Å². The summed E-state index contributed by atoms with van der Waals surface area (Å²) in [4.78, 5) is 2.74. The standard InChI is InChI=1S/C16H34N2/c1-5-16(6-2)18(12-14(3)4)13-15-10-8-7-9-11-17-15/h14-17H,5-13H2,1-4H3. The molecule has 0 radical (unpaired) electrons. The molecule has 0 bridgehead atoms. The van der Waals surface area contributed by atoms with Crippen LogP contribution in [0.3, 0.4) is 0 Å². The number of nitrogens with zero attached hydrogens (tertiary/aromatic N) is 1. The zero-order valence-electron chi connectivity index (χ0n) is 13.0. The summed E-state index contributed by atoms with van der Waals surface area (Å²) in [6.45, 7) is 13.1. The molecule has 1 fully saturated rings. The summed E-state index contributed by atoms with van der Waals surface area (Å²) in [6, 6.07) is 1.50. The van der Waals surface area contributed by atoms with E-state index in [1.54, 1.807) is 0 Å². The highest BCUT2D eigenvalue weighted by atomic mass is 15.2. The third-order valence-corrected chi connectivity index (χ3v) is 4.18. The average Bonchev–Trinajstić information content (AvgIpc) is 2.58. The summed E-state index contributed by atoms with van der Waals surface area (Å²) in [5.74, 6) is 0.774. The lowest BCUT2D eigenvalue weighted by Gasteiger charge is -2.35. The smallest absolute Gasteiger partial charge is 0.0195 e. The van der Waals surface area contributed by atoms with Crippen LogP contribution < -0.4 is 5.32 Å². The summed E-state index contributed by atoms with van der Waals surface area (Å²) in [7, 11) is 0. The Balaban J connectivity index is 2.52. The van der Waals surface area contributed by atoms with Crippen molar-refractivity contribution in [3.05, 3.63) is 0 Å². The molecule has 1 atom stereocenters. The maximum absolute atomic E-state index is 3.75. The van der Waals surface area contributed by atoms with Gasteiger partial charge in [0.15, 0.2) is 0 Å². The first kappa shape index (κ1) is 16.0. The second-order valence-corrected chi connectivity index (χ2v) is 6.32. The topological polar surface area (TPSA) is 15.3 Å². The molecular weight excluding hydrogens is 220 g/mol. The molecule has 0 saturated carbocycles. The van der Waals surface area contributed by atoms with Crippen LogP contribution >= 0.6 is 0 Å². The number of hydrogen-bond donors (Lipinski definition) is 1. The van der Waals surface area contributed by atoms with Gasteiger partial charge in [0.05, 0.1) is 0 Å². The van der Waals surface area contributed by atoms with Crippen molar-refractivity contribution in [2.45, 2.75) is 78.3 Å². The molecule has 0 aromatic rings. The lowest BCUT2D eigenvalue weighted by Crippen LogP contribution is -2.46. The second-order valence-electron chi connectivity index (χ2n) is 6.32. The molecule has 108 valence electrons. The minimum absolute atomic E-state index is 0.729. The minimum atomic E-state index is 0.729. The molecule has 1 aliphatic heterocycles. The zero-order chi connectivity index (χ0) is 13.4. The van der Waals surface area contributed by atoms with Crippen LogP contribution in [0.4, 0.5) is 0 Å². The molecule has 0 aromatic heterocycles. The van der Waals surface area contributed by atoms with Crippen molar-refractivity contribution in [3.8, 4) is 0 Å². The molecule has 18 heavy (non-hydrogen) atoms. The zero-order valence-corrected chi connectivity index (χ0v) is 13.0. The second kappa shape index (κ2) is 8.92. The van der Waals surface area contributed by atoms with Crippen LogP contribution in [0.5, 0.6) is 0 Å². The van der Waals surface area contributed by atoms with Crippen LogP contribution in [0.15, 0.2) is 0 Å². The minimum Gasteiger partial charge on any atom is -0.313 e. The average molecular weight is 254 g/mol. The van der Waals surface area contributed by atoms with Gasteiger partial charge in [0.2, 0.25) is 0 Å². The molecule has 0 amide bonds. The monoisotopic (exact) mass is 254 g/mol. The fourth-order valence-corrected chi connectivity index (χ4v) is 3.19. The molecular formula is C16H34N2. The molecule has 0 aliphatic carbocycles. The summed E-state index contributed by atoms with van der Waals surface area (Å²) >= 11 is 0. The van der Waals surface area contributed by atoms with Crippen molar-refractivity contribution in [1.29, 1.82) is 0 Å². The van der Waals surface area contributed by atoms with Gasteiger partial charge in [0.25, 0.3) is 0 Å².